The zero-order valence-electron chi connectivity index (χ0n) is 9.84. The molecule has 7 nitrogen and oxygen atoms in total. The van der Waals surface area contributed by atoms with Crippen molar-refractivity contribution in [3.63, 3.8) is 0 Å². The number of amides is 4. The highest BCUT2D eigenvalue weighted by molar-refractivity contribution is 6.08. The molecule has 98 valence electrons. The van der Waals surface area contributed by atoms with Crippen LogP contribution in [0.2, 0.25) is 0 Å². The van der Waals surface area contributed by atoms with E-state index in [1.165, 1.54) is 0 Å². The van der Waals surface area contributed by atoms with Crippen molar-refractivity contribution in [2.75, 3.05) is 0 Å². The zero-order valence-corrected chi connectivity index (χ0v) is 9.84. The van der Waals surface area contributed by atoms with Gasteiger partial charge in [0.05, 0.1) is 0 Å². The molecule has 1 aliphatic carbocycles. The van der Waals surface area contributed by atoms with Gasteiger partial charge in [0.25, 0.3) is 5.91 Å². The largest absolute Gasteiger partial charge is 0.464 e. The van der Waals surface area contributed by atoms with Crippen molar-refractivity contribution in [3.05, 3.63) is 35.4 Å². The van der Waals surface area contributed by atoms with Crippen LogP contribution >= 0.6 is 0 Å². The summed E-state index contributed by atoms with van der Waals surface area (Å²) in [6.45, 7) is 0. The topological polar surface area (TPSA) is 98.7 Å². The van der Waals surface area contributed by atoms with Gasteiger partial charge >= 0.3 is 12.1 Å². The van der Waals surface area contributed by atoms with Crippen LogP contribution in [0, 0.1) is 0 Å². The van der Waals surface area contributed by atoms with Crippen LogP contribution in [0.15, 0.2) is 24.3 Å². The molecule has 1 heterocycles. The van der Waals surface area contributed by atoms with Crippen LogP contribution < -0.4 is 10.7 Å². The van der Waals surface area contributed by atoms with Crippen molar-refractivity contribution in [3.8, 4) is 0 Å². The number of carbonyl (C=O) groups is 3. The van der Waals surface area contributed by atoms with E-state index in [1.807, 2.05) is 29.7 Å². The van der Waals surface area contributed by atoms with E-state index in [0.717, 1.165) is 11.1 Å². The maximum atomic E-state index is 12.3. The second kappa shape index (κ2) is 3.71. The molecule has 2 aliphatic rings. The Bertz CT molecular complexity index is 573. The van der Waals surface area contributed by atoms with Crippen molar-refractivity contribution in [2.24, 2.45) is 0 Å². The number of imide groups is 1. The normalized spacial score (nSPS) is 19.5. The highest BCUT2D eigenvalue weighted by atomic mass is 16.4. The molecule has 1 aromatic carbocycles. The molecule has 0 unspecified atom stereocenters. The fraction of sp³-hybridized carbons (Fsp3) is 0.250. The van der Waals surface area contributed by atoms with Gasteiger partial charge in [0, 0.05) is 12.8 Å². The number of carboxylic acid groups (broad SMARTS) is 1. The molecular weight excluding hydrogens is 250 g/mol. The summed E-state index contributed by atoms with van der Waals surface area (Å²) in [6, 6.07) is 6.80. The third-order valence-electron chi connectivity index (χ3n) is 3.47. The van der Waals surface area contributed by atoms with E-state index in [4.69, 9.17) is 5.11 Å². The van der Waals surface area contributed by atoms with Crippen LogP contribution in [-0.2, 0) is 17.6 Å². The molecule has 3 N–H and O–H groups in total. The van der Waals surface area contributed by atoms with Crippen LogP contribution in [0.4, 0.5) is 9.59 Å². The Labute approximate surface area is 108 Å². The van der Waals surface area contributed by atoms with Gasteiger partial charge in [0.1, 0.15) is 5.54 Å². The zero-order chi connectivity index (χ0) is 13.6. The number of fused-ring (bicyclic) bond motifs is 1. The first-order chi connectivity index (χ1) is 9.02. The SMILES string of the molecule is O=C(O)NN1C(=O)NC2(Cc3ccccc3C2)C1=O. The number of urea groups is 1. The molecule has 4 amide bonds. The molecular formula is C12H11N3O4. The van der Waals surface area contributed by atoms with E-state index in [0.29, 0.717) is 17.9 Å². The van der Waals surface area contributed by atoms with E-state index in [-0.39, 0.29) is 0 Å². The maximum absolute atomic E-state index is 12.3. The number of nitrogens with one attached hydrogen (secondary N) is 2. The van der Waals surface area contributed by atoms with E-state index in [1.54, 1.807) is 0 Å². The number of hydrazine groups is 1. The lowest BCUT2D eigenvalue weighted by Gasteiger charge is -2.19. The Balaban J connectivity index is 1.91. The minimum absolute atomic E-state index is 0.381. The standard InChI is InChI=1S/C12H11N3O4/c16-9-12(13-10(17)15(9)14-11(18)19)5-7-3-1-2-4-8(7)6-12/h1-4,14H,5-6H2,(H,13,17)(H,18,19). The predicted octanol–water partition coefficient (Wildman–Crippen LogP) is 0.258. The third kappa shape index (κ3) is 1.62. The molecule has 0 radical (unpaired) electrons. The summed E-state index contributed by atoms with van der Waals surface area (Å²) in [5.41, 5.74) is 2.74. The molecule has 1 aliphatic heterocycles. The Morgan fingerprint density at radius 1 is 1.26 bits per heavy atom. The fourth-order valence-corrected chi connectivity index (χ4v) is 2.67. The average Bonchev–Trinajstić information content (AvgIpc) is 2.82. The summed E-state index contributed by atoms with van der Waals surface area (Å²) >= 11 is 0. The van der Waals surface area contributed by atoms with Gasteiger partial charge in [-0.15, -0.1) is 0 Å². The molecule has 3 rings (SSSR count). The minimum atomic E-state index is -1.45. The van der Waals surface area contributed by atoms with Gasteiger partial charge in [-0.05, 0) is 11.1 Å². The second-order valence-electron chi connectivity index (χ2n) is 4.69. The Morgan fingerprint density at radius 3 is 2.37 bits per heavy atom. The second-order valence-corrected chi connectivity index (χ2v) is 4.69. The van der Waals surface area contributed by atoms with Gasteiger partial charge in [-0.3, -0.25) is 4.79 Å². The molecule has 1 saturated heterocycles. The molecule has 0 atom stereocenters. The number of carbonyl (C=O) groups excluding carboxylic acids is 2. The van der Waals surface area contributed by atoms with Crippen molar-refractivity contribution < 1.29 is 19.5 Å². The first-order valence-electron chi connectivity index (χ1n) is 5.75. The third-order valence-corrected chi connectivity index (χ3v) is 3.47. The van der Waals surface area contributed by atoms with E-state index in [2.05, 4.69) is 5.32 Å². The molecule has 0 aromatic heterocycles. The van der Waals surface area contributed by atoms with Gasteiger partial charge in [-0.25, -0.2) is 15.0 Å². The van der Waals surface area contributed by atoms with Crippen LogP contribution in [0.3, 0.4) is 0 Å². The summed E-state index contributed by atoms with van der Waals surface area (Å²) in [6.07, 6.45) is -0.687. The smallest absolute Gasteiger partial charge is 0.424 e. The molecule has 0 saturated carbocycles. The number of benzene rings is 1. The van der Waals surface area contributed by atoms with Crippen molar-refractivity contribution in [1.29, 1.82) is 0 Å². The van der Waals surface area contributed by atoms with Crippen LogP contribution in [0.1, 0.15) is 11.1 Å². The van der Waals surface area contributed by atoms with E-state index < -0.39 is 23.6 Å². The highest BCUT2D eigenvalue weighted by Gasteiger charge is 2.54. The van der Waals surface area contributed by atoms with E-state index in [9.17, 15) is 14.4 Å². The molecule has 1 aromatic rings. The fourth-order valence-electron chi connectivity index (χ4n) is 2.67. The Morgan fingerprint density at radius 2 is 1.84 bits per heavy atom. The summed E-state index contributed by atoms with van der Waals surface area (Å²) in [5.74, 6) is -0.559. The summed E-state index contributed by atoms with van der Waals surface area (Å²) in [7, 11) is 0. The lowest BCUT2D eigenvalue weighted by molar-refractivity contribution is -0.132. The quantitative estimate of drug-likeness (QED) is 0.631. The first-order valence-corrected chi connectivity index (χ1v) is 5.75. The number of rotatable bonds is 1. The van der Waals surface area contributed by atoms with Crippen LogP contribution in [0.25, 0.3) is 0 Å². The summed E-state index contributed by atoms with van der Waals surface area (Å²) in [5, 5.41) is 11.7. The van der Waals surface area contributed by atoms with Crippen LogP contribution in [0.5, 0.6) is 0 Å². The molecule has 1 fully saturated rings. The monoisotopic (exact) mass is 261 g/mol. The van der Waals surface area contributed by atoms with Crippen molar-refractivity contribution in [2.45, 2.75) is 18.4 Å². The number of hydrogen-bond donors (Lipinski definition) is 3. The molecule has 1 spiro atoms. The van der Waals surface area contributed by atoms with Gasteiger partial charge in [-0.2, -0.15) is 5.01 Å². The van der Waals surface area contributed by atoms with E-state index >= 15 is 0 Å². The molecule has 0 bridgehead atoms. The number of nitrogens with zero attached hydrogens (tertiary/aromatic N) is 1. The molecule has 19 heavy (non-hydrogen) atoms. The average molecular weight is 261 g/mol. The first kappa shape index (κ1) is 11.5. The molecule has 7 heteroatoms. The van der Waals surface area contributed by atoms with Crippen LogP contribution in [-0.4, -0.2) is 33.7 Å². The van der Waals surface area contributed by atoms with Gasteiger partial charge < -0.3 is 10.4 Å². The Kier molecular flexibility index (Phi) is 2.25. The lowest BCUT2D eigenvalue weighted by Crippen LogP contribution is -2.50. The summed E-state index contributed by atoms with van der Waals surface area (Å²) in [4.78, 5) is 34.5. The van der Waals surface area contributed by atoms with Gasteiger partial charge in [0.2, 0.25) is 0 Å². The highest BCUT2D eigenvalue weighted by Crippen LogP contribution is 2.34. The van der Waals surface area contributed by atoms with Crippen molar-refractivity contribution >= 4 is 18.0 Å². The minimum Gasteiger partial charge on any atom is -0.464 e. The van der Waals surface area contributed by atoms with Crippen molar-refractivity contribution in [1.82, 2.24) is 15.8 Å². The summed E-state index contributed by atoms with van der Waals surface area (Å²) < 4.78 is 0. The number of hydrogen-bond acceptors (Lipinski definition) is 3. The lowest BCUT2D eigenvalue weighted by atomic mass is 9.96. The predicted molar refractivity (Wildman–Crippen MR) is 63.1 cm³/mol. The van der Waals surface area contributed by atoms with Gasteiger partial charge in [-0.1, -0.05) is 24.3 Å². The van der Waals surface area contributed by atoms with Gasteiger partial charge in [0.15, 0.2) is 0 Å². The Hall–Kier alpha value is -2.57. The maximum Gasteiger partial charge on any atom is 0.424 e.